The fourth-order valence-corrected chi connectivity index (χ4v) is 1.75. The molecule has 2 nitrogen and oxygen atoms in total. The zero-order valence-electron chi connectivity index (χ0n) is 9.27. The van der Waals surface area contributed by atoms with Crippen molar-refractivity contribution in [2.24, 2.45) is 0 Å². The molecular formula is C11H20BrNO. The molecule has 3 heteroatoms. The van der Waals surface area contributed by atoms with Crippen LogP contribution in [0, 0.1) is 0 Å². The molecule has 0 spiro atoms. The van der Waals surface area contributed by atoms with Gasteiger partial charge in [-0.1, -0.05) is 22.5 Å². The molecule has 0 saturated heterocycles. The molecule has 0 heterocycles. The average molecular weight is 262 g/mol. The standard InChI is InChI=1S/C11H20BrNO/c1-8(12)7-13-9-5-10(6-9)14-11(2,3)4/h9-10,13H,1,5-7H2,2-4H3. The van der Waals surface area contributed by atoms with E-state index < -0.39 is 0 Å². The highest BCUT2D eigenvalue weighted by Crippen LogP contribution is 2.27. The molecule has 14 heavy (non-hydrogen) atoms. The Balaban J connectivity index is 2.09. The Kier molecular flexibility index (Phi) is 4.16. The van der Waals surface area contributed by atoms with Crippen molar-refractivity contribution in [1.29, 1.82) is 0 Å². The van der Waals surface area contributed by atoms with E-state index in [9.17, 15) is 0 Å². The van der Waals surface area contributed by atoms with Crippen LogP contribution < -0.4 is 5.32 Å². The van der Waals surface area contributed by atoms with Gasteiger partial charge in [0.1, 0.15) is 0 Å². The maximum Gasteiger partial charge on any atom is 0.0612 e. The summed E-state index contributed by atoms with van der Waals surface area (Å²) in [4.78, 5) is 0. The Morgan fingerprint density at radius 3 is 2.50 bits per heavy atom. The molecule has 1 saturated carbocycles. The van der Waals surface area contributed by atoms with Gasteiger partial charge in [-0.15, -0.1) is 0 Å². The van der Waals surface area contributed by atoms with Crippen molar-refractivity contribution < 1.29 is 4.74 Å². The van der Waals surface area contributed by atoms with E-state index in [1.54, 1.807) is 0 Å². The first kappa shape index (κ1) is 12.2. The minimum atomic E-state index is -0.00530. The molecule has 0 aliphatic heterocycles. The minimum Gasteiger partial charge on any atom is -0.373 e. The first-order valence-electron chi connectivity index (χ1n) is 5.11. The molecule has 1 fully saturated rings. The first-order valence-corrected chi connectivity index (χ1v) is 5.90. The molecule has 1 N–H and O–H groups in total. The lowest BCUT2D eigenvalue weighted by Gasteiger charge is -2.39. The molecular weight excluding hydrogens is 242 g/mol. The predicted molar refractivity (Wildman–Crippen MR) is 63.7 cm³/mol. The van der Waals surface area contributed by atoms with Crippen LogP contribution in [-0.4, -0.2) is 24.3 Å². The normalized spacial score (nSPS) is 27.1. The number of rotatable bonds is 4. The van der Waals surface area contributed by atoms with E-state index in [1.807, 2.05) is 0 Å². The maximum atomic E-state index is 5.84. The van der Waals surface area contributed by atoms with Gasteiger partial charge in [-0.3, -0.25) is 0 Å². The van der Waals surface area contributed by atoms with Crippen LogP contribution in [0.3, 0.4) is 0 Å². The summed E-state index contributed by atoms with van der Waals surface area (Å²) in [6, 6.07) is 0.608. The summed E-state index contributed by atoms with van der Waals surface area (Å²) in [7, 11) is 0. The number of ether oxygens (including phenoxy) is 1. The van der Waals surface area contributed by atoms with Gasteiger partial charge in [-0.05, 0) is 33.6 Å². The molecule has 1 aliphatic carbocycles. The topological polar surface area (TPSA) is 21.3 Å². The minimum absolute atomic E-state index is 0.00530. The summed E-state index contributed by atoms with van der Waals surface area (Å²) in [5, 5.41) is 3.41. The lowest BCUT2D eigenvalue weighted by molar-refractivity contribution is -0.102. The maximum absolute atomic E-state index is 5.84. The van der Waals surface area contributed by atoms with Gasteiger partial charge in [-0.25, -0.2) is 0 Å². The van der Waals surface area contributed by atoms with E-state index in [0.29, 0.717) is 12.1 Å². The summed E-state index contributed by atoms with van der Waals surface area (Å²) in [6.45, 7) is 11.0. The fourth-order valence-electron chi connectivity index (χ4n) is 1.58. The first-order chi connectivity index (χ1) is 6.37. The van der Waals surface area contributed by atoms with E-state index in [-0.39, 0.29) is 5.60 Å². The highest BCUT2D eigenvalue weighted by atomic mass is 79.9. The second-order valence-electron chi connectivity index (χ2n) is 4.92. The van der Waals surface area contributed by atoms with Crippen LogP contribution in [0.2, 0.25) is 0 Å². The van der Waals surface area contributed by atoms with E-state index >= 15 is 0 Å². The number of nitrogens with one attached hydrogen (secondary N) is 1. The van der Waals surface area contributed by atoms with Gasteiger partial charge >= 0.3 is 0 Å². The van der Waals surface area contributed by atoms with E-state index in [0.717, 1.165) is 23.9 Å². The molecule has 0 radical (unpaired) electrons. The van der Waals surface area contributed by atoms with Crippen LogP contribution in [0.4, 0.5) is 0 Å². The van der Waals surface area contributed by atoms with E-state index in [4.69, 9.17) is 4.74 Å². The molecule has 0 aromatic rings. The number of hydrogen-bond donors (Lipinski definition) is 1. The monoisotopic (exact) mass is 261 g/mol. The highest BCUT2D eigenvalue weighted by molar-refractivity contribution is 9.11. The summed E-state index contributed by atoms with van der Waals surface area (Å²) in [5.74, 6) is 0. The fraction of sp³-hybridized carbons (Fsp3) is 0.818. The van der Waals surface area contributed by atoms with Gasteiger partial charge in [0.15, 0.2) is 0 Å². The van der Waals surface area contributed by atoms with Crippen molar-refractivity contribution in [3.63, 3.8) is 0 Å². The summed E-state index contributed by atoms with van der Waals surface area (Å²) in [5.41, 5.74) is -0.00530. The van der Waals surface area contributed by atoms with E-state index in [1.165, 1.54) is 0 Å². The van der Waals surface area contributed by atoms with Gasteiger partial charge in [0.25, 0.3) is 0 Å². The molecule has 0 aromatic carbocycles. The third-order valence-electron chi connectivity index (χ3n) is 2.20. The highest BCUT2D eigenvalue weighted by Gasteiger charge is 2.32. The molecule has 0 bridgehead atoms. The average Bonchev–Trinajstić information content (AvgIpc) is 1.90. The van der Waals surface area contributed by atoms with Crippen molar-refractivity contribution in [2.45, 2.75) is 51.4 Å². The zero-order chi connectivity index (χ0) is 10.8. The Morgan fingerprint density at radius 2 is 2.07 bits per heavy atom. The second-order valence-corrected chi connectivity index (χ2v) is 6.04. The van der Waals surface area contributed by atoms with Gasteiger partial charge in [0.05, 0.1) is 11.7 Å². The van der Waals surface area contributed by atoms with Crippen molar-refractivity contribution in [1.82, 2.24) is 5.32 Å². The smallest absolute Gasteiger partial charge is 0.0612 e. The summed E-state index contributed by atoms with van der Waals surface area (Å²) >= 11 is 3.33. The largest absolute Gasteiger partial charge is 0.373 e. The Hall–Kier alpha value is 0.140. The second kappa shape index (κ2) is 4.77. The van der Waals surface area contributed by atoms with Gasteiger partial charge in [0.2, 0.25) is 0 Å². The molecule has 82 valence electrons. The van der Waals surface area contributed by atoms with Gasteiger partial charge in [0, 0.05) is 17.1 Å². The van der Waals surface area contributed by atoms with Gasteiger partial charge < -0.3 is 10.1 Å². The predicted octanol–water partition coefficient (Wildman–Crippen LogP) is 2.83. The molecule has 0 unspecified atom stereocenters. The zero-order valence-corrected chi connectivity index (χ0v) is 10.9. The van der Waals surface area contributed by atoms with Crippen molar-refractivity contribution in [3.8, 4) is 0 Å². The lowest BCUT2D eigenvalue weighted by atomic mass is 9.88. The SMILES string of the molecule is C=C(Br)CNC1CC(OC(C)(C)C)C1. The number of halogens is 1. The molecule has 1 aliphatic rings. The Labute approximate surface area is 95.2 Å². The lowest BCUT2D eigenvalue weighted by Crippen LogP contribution is -2.48. The van der Waals surface area contributed by atoms with Crippen LogP contribution in [0.5, 0.6) is 0 Å². The van der Waals surface area contributed by atoms with Crippen LogP contribution in [-0.2, 0) is 4.74 Å². The third kappa shape index (κ3) is 4.58. The van der Waals surface area contributed by atoms with Crippen molar-refractivity contribution >= 4 is 15.9 Å². The Morgan fingerprint density at radius 1 is 1.50 bits per heavy atom. The van der Waals surface area contributed by atoms with Crippen LogP contribution in [0.1, 0.15) is 33.6 Å². The van der Waals surface area contributed by atoms with Crippen LogP contribution >= 0.6 is 15.9 Å². The molecule has 0 atom stereocenters. The van der Waals surface area contributed by atoms with Gasteiger partial charge in [-0.2, -0.15) is 0 Å². The number of hydrogen-bond acceptors (Lipinski definition) is 2. The molecule has 0 amide bonds. The summed E-state index contributed by atoms with van der Waals surface area (Å²) < 4.78 is 6.85. The summed E-state index contributed by atoms with van der Waals surface area (Å²) in [6.07, 6.45) is 2.69. The van der Waals surface area contributed by atoms with Crippen LogP contribution in [0.25, 0.3) is 0 Å². The van der Waals surface area contributed by atoms with Crippen molar-refractivity contribution in [2.75, 3.05) is 6.54 Å². The molecule has 1 rings (SSSR count). The van der Waals surface area contributed by atoms with E-state index in [2.05, 4.69) is 48.6 Å². The van der Waals surface area contributed by atoms with Crippen molar-refractivity contribution in [3.05, 3.63) is 11.1 Å². The Bertz CT molecular complexity index is 204. The quantitative estimate of drug-likeness (QED) is 0.841. The van der Waals surface area contributed by atoms with Crippen LogP contribution in [0.15, 0.2) is 11.1 Å². The molecule has 0 aromatic heterocycles. The third-order valence-corrected chi connectivity index (χ3v) is 2.48.